The van der Waals surface area contributed by atoms with E-state index < -0.39 is 6.10 Å². The standard InChI is InChI=1S/C19H23NO3/c21-17-10-16(11-18(22)12-17)19(23)13-20-8-6-15(7-9-20)14-4-2-1-3-5-14/h1-5,10-12,15,19,21-23H,6-9,13H2. The number of piperidine rings is 1. The van der Waals surface area contributed by atoms with Gasteiger partial charge in [-0.2, -0.15) is 0 Å². The Bertz CT molecular complexity index is 616. The van der Waals surface area contributed by atoms with Gasteiger partial charge in [0.1, 0.15) is 11.5 Å². The first-order valence-electron chi connectivity index (χ1n) is 8.10. The highest BCUT2D eigenvalue weighted by Crippen LogP contribution is 2.30. The average Bonchev–Trinajstić information content (AvgIpc) is 2.55. The topological polar surface area (TPSA) is 63.9 Å². The summed E-state index contributed by atoms with van der Waals surface area (Å²) in [6.45, 7) is 2.41. The lowest BCUT2D eigenvalue weighted by Gasteiger charge is -2.33. The lowest BCUT2D eigenvalue weighted by Crippen LogP contribution is -2.36. The number of aliphatic hydroxyl groups excluding tert-OH is 1. The van der Waals surface area contributed by atoms with Crippen LogP contribution < -0.4 is 0 Å². The molecule has 1 saturated heterocycles. The maximum Gasteiger partial charge on any atom is 0.119 e. The molecule has 1 aliphatic rings. The molecule has 1 aliphatic heterocycles. The highest BCUT2D eigenvalue weighted by molar-refractivity contribution is 5.37. The van der Waals surface area contributed by atoms with Crippen LogP contribution in [0.1, 0.15) is 36.0 Å². The smallest absolute Gasteiger partial charge is 0.119 e. The summed E-state index contributed by atoms with van der Waals surface area (Å²) in [6.07, 6.45) is 1.46. The van der Waals surface area contributed by atoms with Crippen LogP contribution in [-0.2, 0) is 0 Å². The van der Waals surface area contributed by atoms with Crippen molar-refractivity contribution in [1.29, 1.82) is 0 Å². The number of phenols is 2. The third kappa shape index (κ3) is 4.03. The number of likely N-dealkylation sites (tertiary alicyclic amines) is 1. The Morgan fingerprint density at radius 1 is 0.957 bits per heavy atom. The van der Waals surface area contributed by atoms with Crippen molar-refractivity contribution in [2.75, 3.05) is 19.6 Å². The fraction of sp³-hybridized carbons (Fsp3) is 0.368. The van der Waals surface area contributed by atoms with Crippen molar-refractivity contribution in [2.45, 2.75) is 24.9 Å². The van der Waals surface area contributed by atoms with Gasteiger partial charge >= 0.3 is 0 Å². The van der Waals surface area contributed by atoms with E-state index in [0.29, 0.717) is 18.0 Å². The Hall–Kier alpha value is -2.04. The van der Waals surface area contributed by atoms with Crippen molar-refractivity contribution in [3.63, 3.8) is 0 Å². The molecule has 0 radical (unpaired) electrons. The van der Waals surface area contributed by atoms with E-state index in [2.05, 4.69) is 29.2 Å². The zero-order valence-electron chi connectivity index (χ0n) is 13.1. The van der Waals surface area contributed by atoms with Gasteiger partial charge in [-0.15, -0.1) is 0 Å². The molecule has 0 bridgehead atoms. The minimum Gasteiger partial charge on any atom is -0.508 e. The summed E-state index contributed by atoms with van der Waals surface area (Å²) in [5.74, 6) is 0.540. The van der Waals surface area contributed by atoms with Crippen LogP contribution in [0.15, 0.2) is 48.5 Å². The Kier molecular flexibility index (Phi) is 4.84. The van der Waals surface area contributed by atoms with Gasteiger partial charge in [0, 0.05) is 12.6 Å². The fourth-order valence-electron chi connectivity index (χ4n) is 3.33. The second kappa shape index (κ2) is 7.02. The average molecular weight is 313 g/mol. The summed E-state index contributed by atoms with van der Waals surface area (Å²) in [7, 11) is 0. The molecule has 0 saturated carbocycles. The van der Waals surface area contributed by atoms with Gasteiger partial charge in [0.25, 0.3) is 0 Å². The number of hydrogen-bond donors (Lipinski definition) is 3. The number of phenolic OH excluding ortho intramolecular Hbond substituents is 2. The molecule has 4 nitrogen and oxygen atoms in total. The summed E-state index contributed by atoms with van der Waals surface area (Å²) >= 11 is 0. The molecule has 4 heteroatoms. The first-order chi connectivity index (χ1) is 11.1. The summed E-state index contributed by atoms with van der Waals surface area (Å²) in [6, 6.07) is 14.8. The van der Waals surface area contributed by atoms with E-state index in [1.807, 2.05) is 6.07 Å². The molecule has 0 spiro atoms. The predicted molar refractivity (Wildman–Crippen MR) is 89.6 cm³/mol. The van der Waals surface area contributed by atoms with Gasteiger partial charge in [0.2, 0.25) is 0 Å². The summed E-state index contributed by atoms with van der Waals surface area (Å²) in [5, 5.41) is 29.4. The first-order valence-corrected chi connectivity index (χ1v) is 8.10. The monoisotopic (exact) mass is 313 g/mol. The van der Waals surface area contributed by atoms with Crippen molar-refractivity contribution >= 4 is 0 Å². The van der Waals surface area contributed by atoms with E-state index in [1.165, 1.54) is 23.8 Å². The zero-order valence-corrected chi connectivity index (χ0v) is 13.1. The number of benzene rings is 2. The third-order valence-electron chi connectivity index (χ3n) is 4.60. The van der Waals surface area contributed by atoms with E-state index in [9.17, 15) is 15.3 Å². The van der Waals surface area contributed by atoms with Crippen molar-refractivity contribution in [1.82, 2.24) is 4.90 Å². The number of aromatic hydroxyl groups is 2. The molecule has 122 valence electrons. The minimum atomic E-state index is -0.707. The van der Waals surface area contributed by atoms with Gasteiger partial charge in [0.15, 0.2) is 0 Å². The predicted octanol–water partition coefficient (Wildman–Crippen LogP) is 3.01. The zero-order chi connectivity index (χ0) is 16.2. The molecular formula is C19H23NO3. The molecular weight excluding hydrogens is 290 g/mol. The fourth-order valence-corrected chi connectivity index (χ4v) is 3.33. The molecule has 0 amide bonds. The number of rotatable bonds is 4. The van der Waals surface area contributed by atoms with Crippen LogP contribution in [0.2, 0.25) is 0 Å². The van der Waals surface area contributed by atoms with Crippen LogP contribution in [0, 0.1) is 0 Å². The lowest BCUT2D eigenvalue weighted by atomic mass is 9.89. The first kappa shape index (κ1) is 15.8. The maximum atomic E-state index is 10.3. The van der Waals surface area contributed by atoms with Crippen LogP contribution >= 0.6 is 0 Å². The van der Waals surface area contributed by atoms with Crippen molar-refractivity contribution in [2.24, 2.45) is 0 Å². The van der Waals surface area contributed by atoms with Crippen molar-refractivity contribution in [3.8, 4) is 11.5 Å². The lowest BCUT2D eigenvalue weighted by molar-refractivity contribution is 0.0969. The maximum absolute atomic E-state index is 10.3. The quantitative estimate of drug-likeness (QED) is 0.812. The SMILES string of the molecule is Oc1cc(O)cc(C(O)CN2CCC(c3ccccc3)CC2)c1. The van der Waals surface area contributed by atoms with Crippen molar-refractivity contribution < 1.29 is 15.3 Å². The summed E-state index contributed by atoms with van der Waals surface area (Å²) in [5.41, 5.74) is 1.94. The van der Waals surface area contributed by atoms with E-state index in [1.54, 1.807) is 0 Å². The van der Waals surface area contributed by atoms with Crippen LogP contribution in [0.3, 0.4) is 0 Å². The van der Waals surface area contributed by atoms with Crippen LogP contribution in [-0.4, -0.2) is 39.9 Å². The van der Waals surface area contributed by atoms with Crippen molar-refractivity contribution in [3.05, 3.63) is 59.7 Å². The van der Waals surface area contributed by atoms with Gasteiger partial charge in [-0.05, 0) is 55.1 Å². The van der Waals surface area contributed by atoms with Crippen LogP contribution in [0.4, 0.5) is 0 Å². The number of β-amino-alcohol motifs (C(OH)–C–C–N with tert-alkyl or cyclic N) is 1. The van der Waals surface area contributed by atoms with Gasteiger partial charge < -0.3 is 20.2 Å². The van der Waals surface area contributed by atoms with E-state index in [-0.39, 0.29) is 11.5 Å². The van der Waals surface area contributed by atoms with Crippen LogP contribution in [0.5, 0.6) is 11.5 Å². The van der Waals surface area contributed by atoms with Gasteiger partial charge in [-0.3, -0.25) is 0 Å². The second-order valence-electron chi connectivity index (χ2n) is 6.28. The Labute approximate surface area is 136 Å². The number of nitrogens with zero attached hydrogens (tertiary/aromatic N) is 1. The van der Waals surface area contributed by atoms with Gasteiger partial charge in [-0.1, -0.05) is 30.3 Å². The van der Waals surface area contributed by atoms with Gasteiger partial charge in [0.05, 0.1) is 6.10 Å². The molecule has 2 aromatic rings. The highest BCUT2D eigenvalue weighted by Gasteiger charge is 2.22. The second-order valence-corrected chi connectivity index (χ2v) is 6.28. The molecule has 0 aromatic heterocycles. The molecule has 2 aromatic carbocycles. The molecule has 1 unspecified atom stereocenters. The number of aliphatic hydroxyl groups is 1. The largest absolute Gasteiger partial charge is 0.508 e. The Morgan fingerprint density at radius 3 is 2.17 bits per heavy atom. The molecule has 23 heavy (non-hydrogen) atoms. The highest BCUT2D eigenvalue weighted by atomic mass is 16.3. The Morgan fingerprint density at radius 2 is 1.57 bits per heavy atom. The van der Waals surface area contributed by atoms with Gasteiger partial charge in [-0.25, -0.2) is 0 Å². The van der Waals surface area contributed by atoms with E-state index in [4.69, 9.17) is 0 Å². The third-order valence-corrected chi connectivity index (χ3v) is 4.60. The summed E-state index contributed by atoms with van der Waals surface area (Å²) in [4.78, 5) is 2.24. The molecule has 3 rings (SSSR count). The Balaban J connectivity index is 1.56. The number of hydrogen-bond acceptors (Lipinski definition) is 4. The summed E-state index contributed by atoms with van der Waals surface area (Å²) < 4.78 is 0. The normalized spacial score (nSPS) is 18.0. The molecule has 1 atom stereocenters. The molecule has 1 heterocycles. The van der Waals surface area contributed by atoms with E-state index >= 15 is 0 Å². The minimum absolute atomic E-state index is 0.0261. The molecule has 1 fully saturated rings. The molecule has 3 N–H and O–H groups in total. The van der Waals surface area contributed by atoms with E-state index in [0.717, 1.165) is 25.9 Å². The van der Waals surface area contributed by atoms with Crippen LogP contribution in [0.25, 0.3) is 0 Å². The molecule has 0 aliphatic carbocycles.